The molecule has 295 valence electrons. The van der Waals surface area contributed by atoms with Crippen LogP contribution in [0.4, 0.5) is 0 Å². The van der Waals surface area contributed by atoms with Crippen LogP contribution in [0.25, 0.3) is 54.4 Å². The van der Waals surface area contributed by atoms with Gasteiger partial charge in [-0.3, -0.25) is 0 Å². The Morgan fingerprint density at radius 1 is 0.386 bits per heavy atom. The van der Waals surface area contributed by atoms with Crippen LogP contribution in [0.1, 0.15) is 0 Å². The van der Waals surface area contributed by atoms with Crippen LogP contribution in [0.5, 0.6) is 23.0 Å². The van der Waals surface area contributed by atoms with E-state index in [1.165, 1.54) is 59.4 Å². The van der Waals surface area contributed by atoms with Crippen molar-refractivity contribution in [1.29, 1.82) is 0 Å². The number of para-hydroxylation sites is 4. The summed E-state index contributed by atoms with van der Waals surface area (Å²) in [6.07, 6.45) is 5.45. The predicted molar refractivity (Wildman–Crippen MR) is 220 cm³/mol. The maximum absolute atomic E-state index is 11.2. The molecule has 8 rings (SSSR count). The molecule has 0 atom stereocenters. The molecule has 0 saturated heterocycles. The van der Waals surface area contributed by atoms with E-state index >= 15 is 0 Å². The molecule has 0 spiro atoms. The van der Waals surface area contributed by atoms with Crippen LogP contribution in [0.2, 0.25) is 0 Å². The number of rotatable bonds is 0. The van der Waals surface area contributed by atoms with Crippen LogP contribution in [-0.2, 0) is 27.7 Å². The predicted octanol–water partition coefficient (Wildman–Crippen LogP) is 4.19. The molecule has 0 unspecified atom stereocenters. The van der Waals surface area contributed by atoms with Gasteiger partial charge in [0.05, 0.1) is 21.5 Å². The number of hydrogen-bond donors (Lipinski definition) is 4. The fourth-order valence-corrected chi connectivity index (χ4v) is 4.89. The normalized spacial score (nSPS) is 8.98. The molecule has 19 heteroatoms. The van der Waals surface area contributed by atoms with Gasteiger partial charge < -0.3 is 63.0 Å². The fourth-order valence-electron chi connectivity index (χ4n) is 4.89. The Balaban J connectivity index is 0.000000689. The van der Waals surface area contributed by atoms with Gasteiger partial charge in [0.1, 0.15) is 0 Å². The Labute approximate surface area is 344 Å². The van der Waals surface area contributed by atoms with Gasteiger partial charge in [-0.2, -0.15) is 29.2 Å². The Morgan fingerprint density at radius 3 is 0.702 bits per heavy atom. The van der Waals surface area contributed by atoms with E-state index in [2.05, 4.69) is 24.4 Å². The van der Waals surface area contributed by atoms with Crippen molar-refractivity contribution in [2.45, 2.75) is 0 Å². The van der Waals surface area contributed by atoms with Crippen LogP contribution in [0.3, 0.4) is 0 Å². The van der Waals surface area contributed by atoms with Gasteiger partial charge >= 0.3 is 16.8 Å². The second kappa shape index (κ2) is 25.1. The summed E-state index contributed by atoms with van der Waals surface area (Å²) >= 11 is 7.40. The molecule has 57 heavy (non-hydrogen) atoms. The first kappa shape index (κ1) is 49.9. The summed E-state index contributed by atoms with van der Waals surface area (Å²) in [4.78, 5) is 0. The molecule has 0 aliphatic rings. The summed E-state index contributed by atoms with van der Waals surface area (Å²) in [6.45, 7) is 0. The number of isothiocyanates is 2. The summed E-state index contributed by atoms with van der Waals surface area (Å²) < 4.78 is 2.63. The molecule has 16 nitrogen and oxygen atoms in total. The number of phenols is 4. The van der Waals surface area contributed by atoms with Crippen LogP contribution >= 0.6 is 24.4 Å². The van der Waals surface area contributed by atoms with Gasteiger partial charge in [0, 0.05) is 24.3 Å². The molecule has 0 amide bonds. The molecule has 4 heterocycles. The van der Waals surface area contributed by atoms with Crippen molar-refractivity contribution >= 4 is 78.4 Å². The Hall–Kier alpha value is -7.05. The second-order valence-electron chi connectivity index (χ2n) is 10.4. The van der Waals surface area contributed by atoms with E-state index < -0.39 is 0 Å². The molecular formula is C38H34CoN6O10S2+2. The maximum Gasteiger partial charge on any atom is 2.00 e. The average Bonchev–Trinajstić information content (AvgIpc) is 3.14. The number of benzene rings is 4. The zero-order valence-corrected chi connectivity index (χ0v) is 31.9. The SMILES string of the molecule is [Co+2].[N-]=C=S.[N-]=C=S.[O-][n+]1cccc2cccc(O)c21.[O-][n+]1cccc2cccc(O)c21.[O-][n+]1cccc2cccc(O)c21.[O-][n+]1cccc2cccc(O)c21.[OH3+].[OH3+]. The van der Waals surface area contributed by atoms with Gasteiger partial charge in [0.25, 0.3) is 22.1 Å². The zero-order chi connectivity index (χ0) is 39.6. The van der Waals surface area contributed by atoms with Crippen molar-refractivity contribution in [2.24, 2.45) is 0 Å². The topological polar surface area (TPSA) is 299 Å². The van der Waals surface area contributed by atoms with Gasteiger partial charge in [0.2, 0.25) is 0 Å². The van der Waals surface area contributed by atoms with Gasteiger partial charge in [-0.05, 0) is 72.8 Å². The Bertz CT molecular complexity index is 2100. The molecule has 10 N–H and O–H groups in total. The van der Waals surface area contributed by atoms with Crippen LogP contribution in [-0.4, -0.2) is 30.7 Å². The number of aromatic nitrogens is 4. The van der Waals surface area contributed by atoms with Gasteiger partial charge in [-0.1, -0.05) is 48.7 Å². The molecule has 8 aromatic rings. The molecule has 1 radical (unpaired) electrons. The van der Waals surface area contributed by atoms with Crippen LogP contribution < -0.4 is 18.9 Å². The van der Waals surface area contributed by atoms with E-state index in [0.717, 1.165) is 21.5 Å². The Kier molecular flexibility index (Phi) is 22.0. The number of aromatic hydroxyl groups is 4. The van der Waals surface area contributed by atoms with E-state index in [1.807, 2.05) is 0 Å². The third-order valence-electron chi connectivity index (χ3n) is 7.05. The first-order chi connectivity index (χ1) is 26.0. The molecule has 4 aromatic heterocycles. The Morgan fingerprint density at radius 2 is 0.544 bits per heavy atom. The first-order valence-electron chi connectivity index (χ1n) is 15.2. The number of thiocarbonyl (C=S) groups is 2. The number of fused-ring (bicyclic) bond motifs is 4. The van der Waals surface area contributed by atoms with Crippen LogP contribution in [0.15, 0.2) is 146 Å². The second-order valence-corrected chi connectivity index (χ2v) is 10.7. The minimum absolute atomic E-state index is 0. The zero-order valence-electron chi connectivity index (χ0n) is 29.3. The minimum Gasteiger partial charge on any atom is -0.753 e. The standard InChI is InChI=1S/4C9H7NO2.2CNS.Co.2H2O/c4*11-8-5-1-3-7-4-2-6-10(12)9(7)8;2*2-1-3;;;/h4*1-6,11H;;;;2*1H2/q;;;;2*-1;+2;;/p+2. The van der Waals surface area contributed by atoms with Gasteiger partial charge in [-0.25, -0.2) is 0 Å². The quantitative estimate of drug-likeness (QED) is 0.0554. The van der Waals surface area contributed by atoms with Crippen molar-refractivity contribution in [3.63, 3.8) is 0 Å². The van der Waals surface area contributed by atoms with Crippen molar-refractivity contribution in [3.05, 3.63) is 178 Å². The maximum atomic E-state index is 11.2. The molecule has 0 fully saturated rings. The van der Waals surface area contributed by atoms with E-state index in [1.54, 1.807) is 97.1 Å². The molecule has 0 aliphatic heterocycles. The molecule has 4 aromatic carbocycles. The number of phenolic OH excluding ortho intramolecular Hbond substituents is 4. The van der Waals surface area contributed by atoms with Crippen molar-refractivity contribution in [2.75, 3.05) is 0 Å². The summed E-state index contributed by atoms with van der Waals surface area (Å²) in [7, 11) is 0. The number of nitrogens with zero attached hydrogens (tertiary/aromatic N) is 6. The summed E-state index contributed by atoms with van der Waals surface area (Å²) in [5.41, 5.74) is 1.28. The average molecular weight is 858 g/mol. The third-order valence-corrected chi connectivity index (χ3v) is 7.05. The number of pyridine rings is 4. The molecule has 0 saturated carbocycles. The molecular weight excluding hydrogens is 824 g/mol. The van der Waals surface area contributed by atoms with E-state index in [4.69, 9.17) is 10.8 Å². The van der Waals surface area contributed by atoms with Crippen molar-refractivity contribution in [1.82, 2.24) is 0 Å². The van der Waals surface area contributed by atoms with Crippen molar-refractivity contribution < 1.29 is 67.1 Å². The van der Waals surface area contributed by atoms with Crippen LogP contribution in [0, 0.1) is 20.8 Å². The first-order valence-corrected chi connectivity index (χ1v) is 16.0. The monoisotopic (exact) mass is 857 g/mol. The summed E-state index contributed by atoms with van der Waals surface area (Å²) in [5.74, 6) is 0.0670. The molecule has 0 bridgehead atoms. The smallest absolute Gasteiger partial charge is 0.753 e. The largest absolute Gasteiger partial charge is 2.00 e. The molecule has 0 aliphatic carbocycles. The third kappa shape index (κ3) is 13.6. The van der Waals surface area contributed by atoms with Crippen molar-refractivity contribution in [3.8, 4) is 23.0 Å². The van der Waals surface area contributed by atoms with E-state index in [-0.39, 0.29) is 50.7 Å². The summed E-state index contributed by atoms with van der Waals surface area (Å²) in [5, 5.41) is 102. The van der Waals surface area contributed by atoms with Gasteiger partial charge in [0.15, 0.2) is 47.8 Å². The number of hydrogen-bond acceptors (Lipinski definition) is 10. The van der Waals surface area contributed by atoms with Gasteiger partial charge in [-0.15, -0.1) is 0 Å². The van der Waals surface area contributed by atoms with E-state index in [0.29, 0.717) is 41.0 Å². The van der Waals surface area contributed by atoms with E-state index in [9.17, 15) is 41.3 Å². The minimum atomic E-state index is 0. The summed E-state index contributed by atoms with van der Waals surface area (Å²) in [6, 6.07) is 33.7. The fraction of sp³-hybridized carbons (Fsp3) is 0.